The number of hydrogen-bond acceptors (Lipinski definition) is 7. The van der Waals surface area contributed by atoms with Crippen molar-refractivity contribution in [1.29, 1.82) is 0 Å². The van der Waals surface area contributed by atoms with Crippen molar-refractivity contribution in [2.75, 3.05) is 20.3 Å². The number of carboxylic acids is 1. The monoisotopic (exact) mass is 560 g/mol. The van der Waals surface area contributed by atoms with E-state index < -0.39 is 42.5 Å². The summed E-state index contributed by atoms with van der Waals surface area (Å²) < 4.78 is 15.9. The highest BCUT2D eigenvalue weighted by molar-refractivity contribution is 5.89. The minimum absolute atomic E-state index is 0.00329. The summed E-state index contributed by atoms with van der Waals surface area (Å²) >= 11 is 0. The minimum atomic E-state index is -1.32. The first-order chi connectivity index (χ1) is 19.9. The zero-order chi connectivity index (χ0) is 29.2. The highest BCUT2D eigenvalue weighted by atomic mass is 16.6. The molecule has 0 bridgehead atoms. The number of rotatable bonds is 13. The molecule has 0 aliphatic heterocycles. The molecule has 0 heterocycles. The highest BCUT2D eigenvalue weighted by Crippen LogP contribution is 2.44. The molecule has 0 radical (unpaired) electrons. The van der Waals surface area contributed by atoms with Crippen LogP contribution in [-0.4, -0.2) is 61.5 Å². The van der Waals surface area contributed by atoms with Gasteiger partial charge in [0.1, 0.15) is 19.3 Å². The molecule has 0 spiro atoms. The molecule has 1 aliphatic carbocycles. The van der Waals surface area contributed by atoms with Gasteiger partial charge >= 0.3 is 18.0 Å². The van der Waals surface area contributed by atoms with E-state index in [9.17, 15) is 19.2 Å². The molecule has 4 rings (SSSR count). The normalized spacial score (nSPS) is 13.3. The Hall–Kier alpha value is -4.70. The molecule has 1 unspecified atom stereocenters. The van der Waals surface area contributed by atoms with Gasteiger partial charge in [-0.25, -0.2) is 4.79 Å². The van der Waals surface area contributed by atoms with E-state index in [1.54, 1.807) is 12.1 Å². The first-order valence-electron chi connectivity index (χ1n) is 13.2. The van der Waals surface area contributed by atoms with Crippen molar-refractivity contribution in [3.8, 4) is 11.1 Å². The molecule has 3 aromatic rings. The molecule has 2 amide bonds. The van der Waals surface area contributed by atoms with Crippen LogP contribution in [0.1, 0.15) is 35.4 Å². The molecule has 2 atom stereocenters. The summed E-state index contributed by atoms with van der Waals surface area (Å²) in [5.74, 6) is -2.69. The van der Waals surface area contributed by atoms with Crippen molar-refractivity contribution in [2.45, 2.75) is 37.5 Å². The highest BCUT2D eigenvalue weighted by Gasteiger charge is 2.31. The molecule has 1 aliphatic rings. The molecule has 0 aromatic heterocycles. The van der Waals surface area contributed by atoms with Crippen molar-refractivity contribution in [2.24, 2.45) is 0 Å². The lowest BCUT2D eigenvalue weighted by Crippen LogP contribution is -2.50. The van der Waals surface area contributed by atoms with E-state index in [-0.39, 0.29) is 32.1 Å². The largest absolute Gasteiger partial charge is 0.481 e. The number of ether oxygens (including phenoxy) is 3. The number of amides is 2. The fraction of sp³-hybridized carbons (Fsp3) is 0.290. The van der Waals surface area contributed by atoms with Crippen LogP contribution in [0.5, 0.6) is 0 Å². The molecular formula is C31H32N2O8. The van der Waals surface area contributed by atoms with E-state index in [2.05, 4.69) is 10.6 Å². The smallest absolute Gasteiger partial charge is 0.407 e. The zero-order valence-electron chi connectivity index (χ0n) is 22.6. The number of fused-ring (bicyclic) bond motifs is 3. The summed E-state index contributed by atoms with van der Waals surface area (Å²) in [6.45, 7) is -0.107. The molecule has 10 nitrogen and oxygen atoms in total. The lowest BCUT2D eigenvalue weighted by atomic mass is 9.98. The van der Waals surface area contributed by atoms with Crippen LogP contribution in [0.15, 0.2) is 78.9 Å². The molecule has 0 fully saturated rings. The average Bonchev–Trinajstić information content (AvgIpc) is 3.30. The van der Waals surface area contributed by atoms with E-state index in [0.717, 1.165) is 27.8 Å². The number of carbonyl (C=O) groups excluding carboxylic acids is 3. The van der Waals surface area contributed by atoms with Gasteiger partial charge in [-0.15, -0.1) is 0 Å². The Labute approximate surface area is 237 Å². The predicted octanol–water partition coefficient (Wildman–Crippen LogP) is 3.63. The second kappa shape index (κ2) is 14.1. The Morgan fingerprint density at radius 3 is 2.05 bits per heavy atom. The van der Waals surface area contributed by atoms with E-state index in [1.165, 1.54) is 7.11 Å². The fourth-order valence-corrected chi connectivity index (χ4v) is 4.73. The molecule has 3 N–H and O–H groups in total. The maximum atomic E-state index is 13.0. The van der Waals surface area contributed by atoms with Crippen LogP contribution >= 0.6 is 0 Å². The number of carbonyl (C=O) groups is 4. The molecule has 3 aromatic carbocycles. The van der Waals surface area contributed by atoms with Gasteiger partial charge in [0.2, 0.25) is 5.91 Å². The summed E-state index contributed by atoms with van der Waals surface area (Å²) in [4.78, 5) is 49.5. The summed E-state index contributed by atoms with van der Waals surface area (Å²) in [7, 11) is 1.33. The lowest BCUT2D eigenvalue weighted by Gasteiger charge is -2.21. The maximum absolute atomic E-state index is 13.0. The van der Waals surface area contributed by atoms with Crippen LogP contribution in [0, 0.1) is 0 Å². The van der Waals surface area contributed by atoms with Crippen LogP contribution < -0.4 is 10.6 Å². The Balaban J connectivity index is 1.39. The number of nitrogens with one attached hydrogen (secondary N) is 2. The van der Waals surface area contributed by atoms with Gasteiger partial charge in [0.25, 0.3) is 0 Å². The van der Waals surface area contributed by atoms with E-state index >= 15 is 0 Å². The van der Waals surface area contributed by atoms with Gasteiger partial charge in [-0.05, 0) is 27.8 Å². The lowest BCUT2D eigenvalue weighted by molar-refractivity contribution is -0.147. The van der Waals surface area contributed by atoms with Gasteiger partial charge in [0.05, 0.1) is 18.9 Å². The van der Waals surface area contributed by atoms with Crippen LogP contribution in [0.25, 0.3) is 11.1 Å². The molecule has 41 heavy (non-hydrogen) atoms. The molecule has 0 saturated carbocycles. The zero-order valence-corrected chi connectivity index (χ0v) is 22.6. The van der Waals surface area contributed by atoms with Crippen LogP contribution in [0.3, 0.4) is 0 Å². The van der Waals surface area contributed by atoms with Gasteiger partial charge in [0, 0.05) is 19.6 Å². The first kappa shape index (κ1) is 29.3. The third-order valence-electron chi connectivity index (χ3n) is 6.81. The number of alkyl carbamates (subject to hydrolysis) is 1. The van der Waals surface area contributed by atoms with Gasteiger partial charge in [0.15, 0.2) is 0 Å². The third kappa shape index (κ3) is 7.92. The second-order valence-corrected chi connectivity index (χ2v) is 9.57. The Kier molecular flexibility index (Phi) is 10.1. The van der Waals surface area contributed by atoms with E-state index in [0.29, 0.717) is 0 Å². The summed E-state index contributed by atoms with van der Waals surface area (Å²) in [5, 5.41) is 14.0. The number of carboxylic acid groups (broad SMARTS) is 1. The number of aliphatic carboxylic acids is 1. The quantitative estimate of drug-likeness (QED) is 0.269. The van der Waals surface area contributed by atoms with Crippen molar-refractivity contribution < 1.29 is 38.5 Å². The van der Waals surface area contributed by atoms with Crippen molar-refractivity contribution in [3.05, 3.63) is 95.6 Å². The third-order valence-corrected chi connectivity index (χ3v) is 6.81. The van der Waals surface area contributed by atoms with Gasteiger partial charge in [-0.1, -0.05) is 78.9 Å². The van der Waals surface area contributed by atoms with Crippen LogP contribution in [0.4, 0.5) is 4.79 Å². The van der Waals surface area contributed by atoms with Crippen molar-refractivity contribution in [1.82, 2.24) is 10.6 Å². The number of hydrogen-bond donors (Lipinski definition) is 3. The SMILES string of the molecule is COC(CNC(=O)[C@H](CC(=O)OCc1ccccc1)NC(=O)OCC1c2ccccc2-c2ccccc21)CC(=O)O. The second-order valence-electron chi connectivity index (χ2n) is 9.57. The molecule has 214 valence electrons. The number of esters is 1. The maximum Gasteiger partial charge on any atom is 0.407 e. The number of benzene rings is 3. The predicted molar refractivity (Wildman–Crippen MR) is 149 cm³/mol. The average molecular weight is 561 g/mol. The summed E-state index contributed by atoms with van der Waals surface area (Å²) in [5.41, 5.74) is 4.98. The van der Waals surface area contributed by atoms with Crippen LogP contribution in [-0.2, 0) is 35.2 Å². The van der Waals surface area contributed by atoms with Crippen molar-refractivity contribution in [3.63, 3.8) is 0 Å². The fourth-order valence-electron chi connectivity index (χ4n) is 4.73. The summed E-state index contributed by atoms with van der Waals surface area (Å²) in [6.07, 6.45) is -2.46. The Morgan fingerprint density at radius 1 is 0.829 bits per heavy atom. The Morgan fingerprint density at radius 2 is 1.44 bits per heavy atom. The Bertz CT molecular complexity index is 1330. The molecule has 10 heteroatoms. The van der Waals surface area contributed by atoms with Gasteiger partial charge in [-0.3, -0.25) is 14.4 Å². The summed E-state index contributed by atoms with van der Waals surface area (Å²) in [6, 6.07) is 23.5. The standard InChI is InChI=1S/C31H32N2O8/c1-39-21(15-28(34)35)17-32-30(37)27(16-29(36)40-18-20-9-3-2-4-10-20)33-31(38)41-19-26-24-13-7-5-11-22(24)23-12-6-8-14-25(23)26/h2-14,21,26-27H,15-19H2,1H3,(H,32,37)(H,33,38)(H,34,35)/t21?,27-/m0/s1. The molecular weight excluding hydrogens is 528 g/mol. The first-order valence-corrected chi connectivity index (χ1v) is 13.2. The molecule has 0 saturated heterocycles. The minimum Gasteiger partial charge on any atom is -0.481 e. The van der Waals surface area contributed by atoms with E-state index in [4.69, 9.17) is 19.3 Å². The topological polar surface area (TPSA) is 140 Å². The van der Waals surface area contributed by atoms with Crippen molar-refractivity contribution >= 4 is 23.9 Å². The van der Waals surface area contributed by atoms with E-state index in [1.807, 2.05) is 66.7 Å². The van der Waals surface area contributed by atoms with Crippen LogP contribution in [0.2, 0.25) is 0 Å². The number of methoxy groups -OCH3 is 1. The van der Waals surface area contributed by atoms with Gasteiger partial charge < -0.3 is 30.0 Å². The van der Waals surface area contributed by atoms with Gasteiger partial charge in [-0.2, -0.15) is 0 Å².